The van der Waals surface area contributed by atoms with Gasteiger partial charge in [0.1, 0.15) is 5.75 Å². The van der Waals surface area contributed by atoms with Crippen LogP contribution in [0.15, 0.2) is 48.5 Å². The lowest BCUT2D eigenvalue weighted by atomic mass is 9.94. The third-order valence-corrected chi connectivity index (χ3v) is 2.92. The van der Waals surface area contributed by atoms with Crippen LogP contribution in [0.5, 0.6) is 5.75 Å². The van der Waals surface area contributed by atoms with E-state index < -0.39 is 13.5 Å². The number of benzene rings is 2. The molecule has 2 rings (SSSR count). The zero-order chi connectivity index (χ0) is 14.6. The summed E-state index contributed by atoms with van der Waals surface area (Å²) in [6.07, 6.45) is 0.474. The van der Waals surface area contributed by atoms with Gasteiger partial charge in [0.15, 0.2) is 0 Å². The van der Waals surface area contributed by atoms with E-state index in [4.69, 9.17) is 16.3 Å². The van der Waals surface area contributed by atoms with Gasteiger partial charge in [-0.15, -0.1) is 0 Å². The Labute approximate surface area is 120 Å². The van der Waals surface area contributed by atoms with Gasteiger partial charge in [-0.3, -0.25) is 0 Å². The van der Waals surface area contributed by atoms with E-state index in [1.54, 1.807) is 6.07 Å². The van der Waals surface area contributed by atoms with Gasteiger partial charge < -0.3 is 17.7 Å². The maximum atomic E-state index is 12.3. The van der Waals surface area contributed by atoms with E-state index in [2.05, 4.69) is 0 Å². The minimum atomic E-state index is -4.97. The monoisotopic (exact) mass is 299 g/mol. The molecule has 0 saturated carbocycles. The first kappa shape index (κ1) is 14.8. The van der Waals surface area contributed by atoms with Gasteiger partial charge in [0.2, 0.25) is 0 Å². The Morgan fingerprint density at radius 1 is 1.00 bits per heavy atom. The predicted octanol–water partition coefficient (Wildman–Crippen LogP) is 4.70. The zero-order valence-electron chi connectivity index (χ0n) is 10.5. The number of hydrogen-bond donors (Lipinski definition) is 0. The molecule has 0 saturated heterocycles. The van der Waals surface area contributed by atoms with Crippen molar-refractivity contribution in [1.29, 1.82) is 0 Å². The minimum Gasteiger partial charge on any atom is -0.521 e. The molecule has 0 heterocycles. The van der Waals surface area contributed by atoms with Crippen LogP contribution in [0.1, 0.15) is 11.1 Å². The molecule has 0 bridgehead atoms. The highest BCUT2D eigenvalue weighted by Gasteiger charge is 2.24. The molecule has 0 aliphatic rings. The van der Waals surface area contributed by atoms with Gasteiger partial charge in [-0.1, -0.05) is 41.9 Å². The fourth-order valence-electron chi connectivity index (χ4n) is 1.83. The molecule has 0 spiro atoms. The second-order valence-electron chi connectivity index (χ2n) is 4.44. The molecular formula is C14H12BClF3O-. The summed E-state index contributed by atoms with van der Waals surface area (Å²) in [6, 6.07) is 14.1. The van der Waals surface area contributed by atoms with E-state index in [1.165, 1.54) is 12.1 Å². The molecule has 1 nitrogen and oxygen atoms in total. The van der Waals surface area contributed by atoms with E-state index in [0.717, 1.165) is 5.56 Å². The van der Waals surface area contributed by atoms with Crippen molar-refractivity contribution in [3.05, 3.63) is 64.7 Å². The van der Waals surface area contributed by atoms with Crippen LogP contribution >= 0.6 is 11.6 Å². The first-order valence-electron chi connectivity index (χ1n) is 6.10. The topological polar surface area (TPSA) is 9.23 Å². The van der Waals surface area contributed by atoms with Crippen LogP contribution in [0.25, 0.3) is 0 Å². The molecule has 0 N–H and O–H groups in total. The molecule has 0 aliphatic carbocycles. The quantitative estimate of drug-likeness (QED) is 0.727. The number of ether oxygens (including phenoxy) is 1. The Morgan fingerprint density at radius 3 is 2.35 bits per heavy atom. The van der Waals surface area contributed by atoms with Crippen LogP contribution in [-0.4, -0.2) is 13.5 Å². The Hall–Kier alpha value is -1.62. The molecule has 0 atom stereocenters. The summed E-state index contributed by atoms with van der Waals surface area (Å²) in [5, 5.41) is 0.473. The first-order valence-corrected chi connectivity index (χ1v) is 6.48. The Balaban J connectivity index is 2.20. The minimum absolute atomic E-state index is 0.220. The zero-order valence-corrected chi connectivity index (χ0v) is 11.3. The van der Waals surface area contributed by atoms with Gasteiger partial charge in [0.05, 0.1) is 6.51 Å². The molecule has 2 aromatic rings. The van der Waals surface area contributed by atoms with Gasteiger partial charge in [0, 0.05) is 11.4 Å². The lowest BCUT2D eigenvalue weighted by molar-refractivity contribution is 0.311. The van der Waals surface area contributed by atoms with Crippen molar-refractivity contribution in [1.82, 2.24) is 0 Å². The summed E-state index contributed by atoms with van der Waals surface area (Å²) in [5.74, 6) is 0.220. The molecule has 2 aromatic carbocycles. The van der Waals surface area contributed by atoms with Crippen molar-refractivity contribution in [2.45, 2.75) is 6.42 Å². The summed E-state index contributed by atoms with van der Waals surface area (Å²) in [7, 11) is 0. The Morgan fingerprint density at radius 2 is 1.70 bits per heavy atom. The molecule has 0 amide bonds. The molecule has 0 aliphatic heterocycles. The van der Waals surface area contributed by atoms with Crippen LogP contribution < -0.4 is 4.74 Å². The lowest BCUT2D eigenvalue weighted by Crippen LogP contribution is -2.26. The summed E-state index contributed by atoms with van der Waals surface area (Å²) < 4.78 is 41.7. The largest absolute Gasteiger partial charge is 0.521 e. The van der Waals surface area contributed by atoms with E-state index in [9.17, 15) is 12.9 Å². The third kappa shape index (κ3) is 4.49. The van der Waals surface area contributed by atoms with Gasteiger partial charge in [0.25, 0.3) is 0 Å². The molecule has 20 heavy (non-hydrogen) atoms. The van der Waals surface area contributed by atoms with Crippen LogP contribution in [0.3, 0.4) is 0 Å². The van der Waals surface area contributed by atoms with Crippen LogP contribution in [0.2, 0.25) is 5.02 Å². The molecule has 0 unspecified atom stereocenters. The highest BCUT2D eigenvalue weighted by atomic mass is 35.5. The lowest BCUT2D eigenvalue weighted by Gasteiger charge is -2.17. The van der Waals surface area contributed by atoms with Crippen LogP contribution in [0.4, 0.5) is 12.9 Å². The second kappa shape index (κ2) is 6.22. The average molecular weight is 300 g/mol. The number of rotatable bonds is 5. The molecule has 106 valence electrons. The second-order valence-corrected chi connectivity index (χ2v) is 4.87. The summed E-state index contributed by atoms with van der Waals surface area (Å²) >= 11 is 5.90. The summed E-state index contributed by atoms with van der Waals surface area (Å²) in [5.41, 5.74) is 1.63. The van der Waals surface area contributed by atoms with Crippen molar-refractivity contribution < 1.29 is 17.7 Å². The van der Waals surface area contributed by atoms with Crippen molar-refractivity contribution in [3.63, 3.8) is 0 Å². The normalized spacial score (nSPS) is 11.4. The molecule has 0 radical (unpaired) electrons. The highest BCUT2D eigenvalue weighted by Crippen LogP contribution is 2.26. The third-order valence-electron chi connectivity index (χ3n) is 2.69. The maximum Gasteiger partial charge on any atom is 0.515 e. The van der Waals surface area contributed by atoms with Gasteiger partial charge in [-0.2, -0.15) is 0 Å². The Kier molecular flexibility index (Phi) is 4.60. The average Bonchev–Trinajstić information content (AvgIpc) is 2.38. The van der Waals surface area contributed by atoms with Crippen molar-refractivity contribution >= 4 is 18.6 Å². The van der Waals surface area contributed by atoms with E-state index >= 15 is 0 Å². The SMILES string of the molecule is F[B-](F)(F)COc1ccc(Cl)cc1Cc1ccccc1. The van der Waals surface area contributed by atoms with Crippen molar-refractivity contribution in [2.75, 3.05) is 6.51 Å². The first-order chi connectivity index (χ1) is 9.44. The summed E-state index contributed by atoms with van der Waals surface area (Å²) in [4.78, 5) is 0. The van der Waals surface area contributed by atoms with E-state index in [-0.39, 0.29) is 5.75 Å². The standard InChI is InChI=1S/C14H12BClF3O/c16-13-6-7-14(20-10-15(17,18)19)12(9-13)8-11-4-2-1-3-5-11/h1-7,9H,8,10H2/q-1. The van der Waals surface area contributed by atoms with Crippen molar-refractivity contribution in [2.24, 2.45) is 0 Å². The van der Waals surface area contributed by atoms with Crippen LogP contribution in [-0.2, 0) is 6.42 Å². The van der Waals surface area contributed by atoms with Gasteiger partial charge in [-0.05, 0) is 29.3 Å². The van der Waals surface area contributed by atoms with Crippen LogP contribution in [0, 0.1) is 0 Å². The molecular weight excluding hydrogens is 287 g/mol. The fraction of sp³-hybridized carbons (Fsp3) is 0.143. The fourth-order valence-corrected chi connectivity index (χ4v) is 2.02. The van der Waals surface area contributed by atoms with Gasteiger partial charge >= 0.3 is 6.98 Å². The molecule has 6 heteroatoms. The smallest absolute Gasteiger partial charge is 0.515 e. The Bertz CT molecular complexity index is 572. The maximum absolute atomic E-state index is 12.3. The summed E-state index contributed by atoms with van der Waals surface area (Å²) in [6.45, 7) is -6.22. The molecule has 0 aromatic heterocycles. The number of hydrogen-bond acceptors (Lipinski definition) is 1. The highest BCUT2D eigenvalue weighted by molar-refractivity contribution is 6.58. The number of halogens is 4. The van der Waals surface area contributed by atoms with E-state index in [0.29, 0.717) is 17.0 Å². The van der Waals surface area contributed by atoms with Gasteiger partial charge in [-0.25, -0.2) is 0 Å². The van der Waals surface area contributed by atoms with E-state index in [1.807, 2.05) is 30.3 Å². The van der Waals surface area contributed by atoms with Crippen molar-refractivity contribution in [3.8, 4) is 5.75 Å². The predicted molar refractivity (Wildman–Crippen MR) is 75.3 cm³/mol. The molecule has 0 fully saturated rings.